The lowest BCUT2D eigenvalue weighted by Crippen LogP contribution is -1.95. The fourth-order valence-corrected chi connectivity index (χ4v) is 0.966. The molecule has 0 saturated heterocycles. The molecular formula is C9H7F2NO2. The summed E-state index contributed by atoms with van der Waals surface area (Å²) in [6.07, 6.45) is 1.27. The first-order chi connectivity index (χ1) is 6.69. The Labute approximate surface area is 79.0 Å². The first-order valence-corrected chi connectivity index (χ1v) is 3.74. The second-order valence-corrected chi connectivity index (χ2v) is 2.49. The van der Waals surface area contributed by atoms with Gasteiger partial charge in [0.15, 0.2) is 11.6 Å². The van der Waals surface area contributed by atoms with E-state index >= 15 is 0 Å². The standard InChI is InChI=1S/C9H7F2NO2/c1-14-9-2-6(4-12-5-13)7(10)3-8(9)11/h2-3H,4H2,1H3. The van der Waals surface area contributed by atoms with Crippen molar-refractivity contribution in [3.63, 3.8) is 0 Å². The first-order valence-electron chi connectivity index (χ1n) is 3.74. The molecule has 0 atom stereocenters. The number of isocyanates is 1. The number of hydrogen-bond acceptors (Lipinski definition) is 3. The van der Waals surface area contributed by atoms with Crippen molar-refractivity contribution in [3.05, 3.63) is 29.3 Å². The fourth-order valence-electron chi connectivity index (χ4n) is 0.966. The van der Waals surface area contributed by atoms with Crippen LogP contribution in [0.25, 0.3) is 0 Å². The summed E-state index contributed by atoms with van der Waals surface area (Å²) in [5.74, 6) is -1.63. The smallest absolute Gasteiger partial charge is 0.235 e. The van der Waals surface area contributed by atoms with Gasteiger partial charge in [-0.15, -0.1) is 0 Å². The van der Waals surface area contributed by atoms with Crippen LogP contribution in [0.15, 0.2) is 17.1 Å². The van der Waals surface area contributed by atoms with Crippen molar-refractivity contribution in [1.29, 1.82) is 0 Å². The highest BCUT2D eigenvalue weighted by Gasteiger charge is 2.09. The second-order valence-electron chi connectivity index (χ2n) is 2.49. The van der Waals surface area contributed by atoms with Crippen LogP contribution in [0.1, 0.15) is 5.56 Å². The van der Waals surface area contributed by atoms with Crippen molar-refractivity contribution in [2.45, 2.75) is 6.54 Å². The van der Waals surface area contributed by atoms with E-state index < -0.39 is 11.6 Å². The lowest BCUT2D eigenvalue weighted by molar-refractivity contribution is 0.383. The van der Waals surface area contributed by atoms with Gasteiger partial charge in [0.1, 0.15) is 5.82 Å². The maximum Gasteiger partial charge on any atom is 0.235 e. The second kappa shape index (κ2) is 4.48. The Kier molecular flexibility index (Phi) is 3.31. The van der Waals surface area contributed by atoms with Gasteiger partial charge in [0, 0.05) is 11.6 Å². The minimum atomic E-state index is -0.788. The Hall–Kier alpha value is -1.74. The summed E-state index contributed by atoms with van der Waals surface area (Å²) >= 11 is 0. The van der Waals surface area contributed by atoms with Crippen molar-refractivity contribution < 1.29 is 18.3 Å². The third-order valence-electron chi connectivity index (χ3n) is 1.63. The zero-order valence-corrected chi connectivity index (χ0v) is 7.38. The zero-order valence-electron chi connectivity index (χ0n) is 7.38. The topological polar surface area (TPSA) is 38.7 Å². The third kappa shape index (κ3) is 2.14. The number of rotatable bonds is 3. The Morgan fingerprint density at radius 1 is 1.43 bits per heavy atom. The number of benzene rings is 1. The van der Waals surface area contributed by atoms with Crippen molar-refractivity contribution in [2.24, 2.45) is 4.99 Å². The van der Waals surface area contributed by atoms with Gasteiger partial charge >= 0.3 is 0 Å². The SMILES string of the molecule is COc1cc(CN=C=O)c(F)cc1F. The Bertz CT molecular complexity index is 387. The minimum absolute atomic E-state index is 0.0810. The van der Waals surface area contributed by atoms with E-state index in [4.69, 9.17) is 0 Å². The van der Waals surface area contributed by atoms with Crippen LogP contribution in [0.3, 0.4) is 0 Å². The average molecular weight is 199 g/mol. The van der Waals surface area contributed by atoms with E-state index in [-0.39, 0.29) is 17.9 Å². The van der Waals surface area contributed by atoms with E-state index in [9.17, 15) is 13.6 Å². The molecule has 1 aromatic rings. The minimum Gasteiger partial charge on any atom is -0.494 e. The van der Waals surface area contributed by atoms with Gasteiger partial charge in [0.2, 0.25) is 6.08 Å². The van der Waals surface area contributed by atoms with Gasteiger partial charge in [-0.1, -0.05) is 0 Å². The van der Waals surface area contributed by atoms with Crippen LogP contribution in [0.4, 0.5) is 8.78 Å². The normalized spacial score (nSPS) is 9.36. The third-order valence-corrected chi connectivity index (χ3v) is 1.63. The van der Waals surface area contributed by atoms with E-state index in [1.165, 1.54) is 13.2 Å². The number of hydrogen-bond donors (Lipinski definition) is 0. The van der Waals surface area contributed by atoms with E-state index in [0.29, 0.717) is 6.07 Å². The molecule has 5 heteroatoms. The lowest BCUT2D eigenvalue weighted by Gasteiger charge is -2.04. The highest BCUT2D eigenvalue weighted by Crippen LogP contribution is 2.21. The van der Waals surface area contributed by atoms with Crippen LogP contribution in [0.2, 0.25) is 0 Å². The molecule has 0 aliphatic heterocycles. The number of carbonyl (C=O) groups excluding carboxylic acids is 1. The number of halogens is 2. The van der Waals surface area contributed by atoms with Gasteiger partial charge in [-0.3, -0.25) is 0 Å². The molecule has 3 nitrogen and oxygen atoms in total. The average Bonchev–Trinajstić information content (AvgIpc) is 2.17. The number of nitrogens with zero attached hydrogens (tertiary/aromatic N) is 1. The van der Waals surface area contributed by atoms with Crippen molar-refractivity contribution >= 4 is 6.08 Å². The van der Waals surface area contributed by atoms with Crippen molar-refractivity contribution in [3.8, 4) is 5.75 Å². The molecule has 14 heavy (non-hydrogen) atoms. The molecule has 1 aromatic carbocycles. The summed E-state index contributed by atoms with van der Waals surface area (Å²) < 4.78 is 30.5. The Morgan fingerprint density at radius 3 is 2.71 bits per heavy atom. The molecule has 0 unspecified atom stereocenters. The largest absolute Gasteiger partial charge is 0.494 e. The van der Waals surface area contributed by atoms with Gasteiger partial charge in [-0.05, 0) is 6.07 Å². The van der Waals surface area contributed by atoms with Crippen LogP contribution < -0.4 is 4.74 Å². The molecule has 1 rings (SSSR count). The number of ether oxygens (including phenoxy) is 1. The van der Waals surface area contributed by atoms with Crippen LogP contribution in [0.5, 0.6) is 5.75 Å². The molecule has 0 spiro atoms. The summed E-state index contributed by atoms with van der Waals surface area (Å²) in [6.45, 7) is -0.175. The molecule has 0 N–H and O–H groups in total. The molecule has 0 aliphatic rings. The molecular weight excluding hydrogens is 192 g/mol. The van der Waals surface area contributed by atoms with Crippen LogP contribution in [-0.4, -0.2) is 13.2 Å². The Morgan fingerprint density at radius 2 is 2.14 bits per heavy atom. The van der Waals surface area contributed by atoms with E-state index in [0.717, 1.165) is 6.07 Å². The molecule has 74 valence electrons. The lowest BCUT2D eigenvalue weighted by atomic mass is 10.2. The predicted molar refractivity (Wildman–Crippen MR) is 44.7 cm³/mol. The maximum atomic E-state index is 13.0. The highest BCUT2D eigenvalue weighted by molar-refractivity contribution is 5.36. The molecule has 0 fully saturated rings. The quantitative estimate of drug-likeness (QED) is 0.550. The van der Waals surface area contributed by atoms with Gasteiger partial charge in [-0.25, -0.2) is 18.6 Å². The molecule has 0 amide bonds. The monoisotopic (exact) mass is 199 g/mol. The van der Waals surface area contributed by atoms with Gasteiger partial charge in [0.05, 0.1) is 13.7 Å². The zero-order chi connectivity index (χ0) is 10.6. The Balaban J connectivity index is 3.10. The highest BCUT2D eigenvalue weighted by atomic mass is 19.1. The van der Waals surface area contributed by atoms with E-state index in [1.807, 2.05) is 0 Å². The number of methoxy groups -OCH3 is 1. The predicted octanol–water partition coefficient (Wildman–Crippen LogP) is 1.81. The molecule has 0 aliphatic carbocycles. The van der Waals surface area contributed by atoms with Gasteiger partial charge in [-0.2, -0.15) is 0 Å². The molecule has 0 saturated carbocycles. The van der Waals surface area contributed by atoms with Gasteiger partial charge in [0.25, 0.3) is 0 Å². The molecule has 0 bridgehead atoms. The van der Waals surface area contributed by atoms with Gasteiger partial charge < -0.3 is 4.74 Å². The van der Waals surface area contributed by atoms with Crippen LogP contribution >= 0.6 is 0 Å². The van der Waals surface area contributed by atoms with Crippen molar-refractivity contribution in [2.75, 3.05) is 7.11 Å². The first kappa shape index (κ1) is 10.3. The van der Waals surface area contributed by atoms with E-state index in [1.54, 1.807) is 0 Å². The van der Waals surface area contributed by atoms with Crippen molar-refractivity contribution in [1.82, 2.24) is 0 Å². The summed E-state index contributed by atoms with van der Waals surface area (Å²) in [5.41, 5.74) is 0.0894. The number of aliphatic imine (C=N–C) groups is 1. The molecule has 0 aromatic heterocycles. The maximum absolute atomic E-state index is 13.0. The van der Waals surface area contributed by atoms with Crippen LogP contribution in [-0.2, 0) is 11.3 Å². The molecule has 0 heterocycles. The summed E-state index contributed by atoms with van der Waals surface area (Å²) in [6, 6.07) is 1.85. The van der Waals surface area contributed by atoms with E-state index in [2.05, 4.69) is 9.73 Å². The molecule has 0 radical (unpaired) electrons. The fraction of sp³-hybridized carbons (Fsp3) is 0.222. The van der Waals surface area contributed by atoms with Crippen LogP contribution in [0, 0.1) is 11.6 Å². The summed E-state index contributed by atoms with van der Waals surface area (Å²) in [5, 5.41) is 0. The summed E-state index contributed by atoms with van der Waals surface area (Å²) in [7, 11) is 1.27. The summed E-state index contributed by atoms with van der Waals surface area (Å²) in [4.78, 5) is 13.0.